The molecule has 3 nitrogen and oxygen atoms in total. The van der Waals surface area contributed by atoms with E-state index in [0.29, 0.717) is 12.1 Å². The third kappa shape index (κ3) is 3.44. The van der Waals surface area contributed by atoms with E-state index in [2.05, 4.69) is 17.3 Å². The van der Waals surface area contributed by atoms with Gasteiger partial charge in [-0.15, -0.1) is 0 Å². The highest BCUT2D eigenvalue weighted by molar-refractivity contribution is 4.83. The molecule has 0 aromatic heterocycles. The molecule has 0 spiro atoms. The van der Waals surface area contributed by atoms with Crippen LogP contribution in [0.1, 0.15) is 38.5 Å². The van der Waals surface area contributed by atoms with Crippen LogP contribution in [0.4, 0.5) is 0 Å². The first kappa shape index (κ1) is 11.4. The molecule has 0 aromatic carbocycles. The van der Waals surface area contributed by atoms with Gasteiger partial charge in [-0.25, -0.2) is 0 Å². The van der Waals surface area contributed by atoms with Crippen molar-refractivity contribution in [2.24, 2.45) is 0 Å². The second-order valence-corrected chi connectivity index (χ2v) is 5.26. The van der Waals surface area contributed by atoms with Crippen molar-refractivity contribution in [3.05, 3.63) is 0 Å². The molecule has 1 saturated heterocycles. The molecule has 0 aromatic rings. The van der Waals surface area contributed by atoms with E-state index in [1.54, 1.807) is 0 Å². The van der Waals surface area contributed by atoms with E-state index in [4.69, 9.17) is 0 Å². The minimum atomic E-state index is -0.0532. The third-order valence-corrected chi connectivity index (χ3v) is 3.84. The van der Waals surface area contributed by atoms with Gasteiger partial charge in [-0.1, -0.05) is 0 Å². The van der Waals surface area contributed by atoms with Gasteiger partial charge in [0.05, 0.1) is 6.10 Å². The van der Waals surface area contributed by atoms with Crippen LogP contribution in [-0.2, 0) is 0 Å². The maximum absolute atomic E-state index is 9.60. The van der Waals surface area contributed by atoms with E-state index < -0.39 is 0 Å². The van der Waals surface area contributed by atoms with Gasteiger partial charge in [0.1, 0.15) is 0 Å². The molecule has 3 heteroatoms. The van der Waals surface area contributed by atoms with E-state index in [1.807, 2.05) is 0 Å². The van der Waals surface area contributed by atoms with Gasteiger partial charge in [0.15, 0.2) is 0 Å². The van der Waals surface area contributed by atoms with Crippen LogP contribution in [0, 0.1) is 0 Å². The standard InChI is InChI=1S/C12H24N2O/c1-14-7-5-10(6-8-14)13-11-3-2-4-12(15)9-11/h10-13,15H,2-9H2,1H3. The molecule has 1 aliphatic heterocycles. The fraction of sp³-hybridized carbons (Fsp3) is 1.00. The largest absolute Gasteiger partial charge is 0.393 e. The minimum Gasteiger partial charge on any atom is -0.393 e. The number of hydrogen-bond acceptors (Lipinski definition) is 3. The fourth-order valence-electron chi connectivity index (χ4n) is 2.82. The lowest BCUT2D eigenvalue weighted by Gasteiger charge is -2.35. The maximum Gasteiger partial charge on any atom is 0.0555 e. The van der Waals surface area contributed by atoms with Crippen molar-refractivity contribution in [1.82, 2.24) is 10.2 Å². The van der Waals surface area contributed by atoms with Crippen molar-refractivity contribution in [3.63, 3.8) is 0 Å². The molecule has 0 bridgehead atoms. The van der Waals surface area contributed by atoms with E-state index in [-0.39, 0.29) is 6.10 Å². The highest BCUT2D eigenvalue weighted by atomic mass is 16.3. The first-order valence-corrected chi connectivity index (χ1v) is 6.36. The average Bonchev–Trinajstić information content (AvgIpc) is 2.22. The van der Waals surface area contributed by atoms with E-state index in [0.717, 1.165) is 12.8 Å². The van der Waals surface area contributed by atoms with E-state index in [1.165, 1.54) is 38.8 Å². The van der Waals surface area contributed by atoms with Crippen LogP contribution in [0.2, 0.25) is 0 Å². The summed E-state index contributed by atoms with van der Waals surface area (Å²) in [5.74, 6) is 0. The Morgan fingerprint density at radius 2 is 1.80 bits per heavy atom. The number of nitrogens with zero attached hydrogens (tertiary/aromatic N) is 1. The molecular formula is C12H24N2O. The number of rotatable bonds is 2. The zero-order chi connectivity index (χ0) is 10.7. The molecule has 2 atom stereocenters. The SMILES string of the molecule is CN1CCC(NC2CCCC(O)C2)CC1. The lowest BCUT2D eigenvalue weighted by atomic mass is 9.91. The highest BCUT2D eigenvalue weighted by Crippen LogP contribution is 2.20. The molecule has 2 rings (SSSR count). The zero-order valence-electron chi connectivity index (χ0n) is 9.78. The Kier molecular flexibility index (Phi) is 4.00. The topological polar surface area (TPSA) is 35.5 Å². The Bertz CT molecular complexity index is 190. The first-order valence-electron chi connectivity index (χ1n) is 6.36. The molecule has 0 amide bonds. The number of hydrogen-bond donors (Lipinski definition) is 2. The Balaban J connectivity index is 1.71. The number of likely N-dealkylation sites (tertiary alicyclic amines) is 1. The van der Waals surface area contributed by atoms with Gasteiger partial charge in [-0.05, 0) is 58.7 Å². The smallest absolute Gasteiger partial charge is 0.0555 e. The Hall–Kier alpha value is -0.120. The summed E-state index contributed by atoms with van der Waals surface area (Å²) in [6, 6.07) is 1.26. The lowest BCUT2D eigenvalue weighted by molar-refractivity contribution is 0.103. The summed E-state index contributed by atoms with van der Waals surface area (Å²) in [5, 5.41) is 13.3. The highest BCUT2D eigenvalue weighted by Gasteiger charge is 2.24. The molecule has 2 N–H and O–H groups in total. The van der Waals surface area contributed by atoms with Crippen molar-refractivity contribution in [2.45, 2.75) is 56.7 Å². The molecule has 2 fully saturated rings. The number of aliphatic hydroxyl groups is 1. The van der Waals surface area contributed by atoms with E-state index >= 15 is 0 Å². The third-order valence-electron chi connectivity index (χ3n) is 3.84. The quantitative estimate of drug-likeness (QED) is 0.716. The summed E-state index contributed by atoms with van der Waals surface area (Å²) in [4.78, 5) is 2.40. The predicted molar refractivity (Wildman–Crippen MR) is 61.9 cm³/mol. The van der Waals surface area contributed by atoms with Crippen molar-refractivity contribution >= 4 is 0 Å². The Morgan fingerprint density at radius 1 is 1.07 bits per heavy atom. The second kappa shape index (κ2) is 5.28. The lowest BCUT2D eigenvalue weighted by Crippen LogP contribution is -2.47. The van der Waals surface area contributed by atoms with Gasteiger partial charge in [-0.2, -0.15) is 0 Å². The molecule has 1 heterocycles. The van der Waals surface area contributed by atoms with Crippen molar-refractivity contribution in [3.8, 4) is 0 Å². The first-order chi connectivity index (χ1) is 7.24. The molecule has 0 radical (unpaired) electrons. The second-order valence-electron chi connectivity index (χ2n) is 5.26. The zero-order valence-corrected chi connectivity index (χ0v) is 9.78. The van der Waals surface area contributed by atoms with E-state index in [9.17, 15) is 5.11 Å². The summed E-state index contributed by atoms with van der Waals surface area (Å²) in [5.41, 5.74) is 0. The number of aliphatic hydroxyl groups excluding tert-OH is 1. The van der Waals surface area contributed by atoms with Crippen molar-refractivity contribution in [2.75, 3.05) is 20.1 Å². The normalized spacial score (nSPS) is 35.6. The molecule has 1 aliphatic carbocycles. The van der Waals surface area contributed by atoms with Gasteiger partial charge in [0.25, 0.3) is 0 Å². The van der Waals surface area contributed by atoms with Gasteiger partial charge >= 0.3 is 0 Å². The van der Waals surface area contributed by atoms with Crippen LogP contribution in [-0.4, -0.2) is 48.3 Å². The van der Waals surface area contributed by atoms with Gasteiger partial charge < -0.3 is 15.3 Å². The van der Waals surface area contributed by atoms with Gasteiger partial charge in [0.2, 0.25) is 0 Å². The van der Waals surface area contributed by atoms with Crippen LogP contribution in [0.15, 0.2) is 0 Å². The summed E-state index contributed by atoms with van der Waals surface area (Å²) >= 11 is 0. The van der Waals surface area contributed by atoms with Crippen molar-refractivity contribution < 1.29 is 5.11 Å². The monoisotopic (exact) mass is 212 g/mol. The molecular weight excluding hydrogens is 188 g/mol. The summed E-state index contributed by atoms with van der Waals surface area (Å²) in [7, 11) is 2.20. The molecule has 2 aliphatic rings. The molecule has 88 valence electrons. The van der Waals surface area contributed by atoms with Gasteiger partial charge in [-0.3, -0.25) is 0 Å². The fourth-order valence-corrected chi connectivity index (χ4v) is 2.82. The molecule has 15 heavy (non-hydrogen) atoms. The van der Waals surface area contributed by atoms with Crippen LogP contribution in [0.5, 0.6) is 0 Å². The van der Waals surface area contributed by atoms with Crippen LogP contribution in [0.3, 0.4) is 0 Å². The maximum atomic E-state index is 9.60. The Morgan fingerprint density at radius 3 is 2.47 bits per heavy atom. The molecule has 1 saturated carbocycles. The van der Waals surface area contributed by atoms with Gasteiger partial charge in [0, 0.05) is 12.1 Å². The number of piperidine rings is 1. The van der Waals surface area contributed by atoms with Crippen LogP contribution >= 0.6 is 0 Å². The van der Waals surface area contributed by atoms with Crippen LogP contribution in [0.25, 0.3) is 0 Å². The predicted octanol–water partition coefficient (Wildman–Crippen LogP) is 0.974. The average molecular weight is 212 g/mol. The van der Waals surface area contributed by atoms with Crippen molar-refractivity contribution in [1.29, 1.82) is 0 Å². The van der Waals surface area contributed by atoms with Crippen LogP contribution < -0.4 is 5.32 Å². The minimum absolute atomic E-state index is 0.0532. The summed E-state index contributed by atoms with van der Waals surface area (Å²) in [6.07, 6.45) is 6.89. The summed E-state index contributed by atoms with van der Waals surface area (Å²) in [6.45, 7) is 2.43. The summed E-state index contributed by atoms with van der Waals surface area (Å²) < 4.78 is 0. The molecule has 2 unspecified atom stereocenters. The number of nitrogens with one attached hydrogen (secondary N) is 1. The Labute approximate surface area is 92.8 Å².